The number of carbonyl (C=O) groups is 2. The van der Waals surface area contributed by atoms with E-state index in [1.165, 1.54) is 6.07 Å². The van der Waals surface area contributed by atoms with Crippen molar-refractivity contribution in [2.75, 3.05) is 31.6 Å². The van der Waals surface area contributed by atoms with Crippen LogP contribution < -0.4 is 10.1 Å². The van der Waals surface area contributed by atoms with Crippen LogP contribution in [-0.2, 0) is 16.0 Å². The summed E-state index contributed by atoms with van der Waals surface area (Å²) in [6, 6.07) is 1.13. The molecule has 0 saturated carbocycles. The molecule has 2 heterocycles. The summed E-state index contributed by atoms with van der Waals surface area (Å²) in [5.41, 5.74) is -2.63. The van der Waals surface area contributed by atoms with E-state index in [9.17, 15) is 19.7 Å². The number of nitro groups is 1. The molecule has 0 radical (unpaired) electrons. The standard InChI is InChI=1S/C23H33FN4O7/c1-22(2,3)34-20(29)25-16-11-17-15(18(24)19(16)28(31)32)13-26-8-9-27(12-14(26)7-10-33-17)21(30)35-23(4,5)6/h11,14H,7-10,12-13H2,1-6H3,(H,25,29). The molecular weight excluding hydrogens is 463 g/mol. The second-order valence-corrected chi connectivity index (χ2v) is 10.6. The number of rotatable bonds is 2. The Hall–Kier alpha value is -3.15. The molecule has 0 spiro atoms. The van der Waals surface area contributed by atoms with Crippen LogP contribution in [0.4, 0.5) is 25.4 Å². The van der Waals surface area contributed by atoms with Crippen LogP contribution in [-0.4, -0.2) is 70.4 Å². The lowest BCUT2D eigenvalue weighted by Crippen LogP contribution is -2.55. The molecule has 3 rings (SSSR count). The summed E-state index contributed by atoms with van der Waals surface area (Å²) in [5.74, 6) is -0.957. The number of piperazine rings is 1. The summed E-state index contributed by atoms with van der Waals surface area (Å²) in [7, 11) is 0. The molecule has 1 atom stereocenters. The molecule has 1 unspecified atom stereocenters. The Morgan fingerprint density at radius 3 is 2.43 bits per heavy atom. The van der Waals surface area contributed by atoms with Gasteiger partial charge in [0.05, 0.1) is 17.1 Å². The normalized spacial score (nSPS) is 18.8. The molecule has 35 heavy (non-hydrogen) atoms. The lowest BCUT2D eigenvalue weighted by Gasteiger charge is -2.42. The van der Waals surface area contributed by atoms with Gasteiger partial charge in [-0.3, -0.25) is 20.3 Å². The minimum Gasteiger partial charge on any atom is -0.493 e. The van der Waals surface area contributed by atoms with Crippen molar-refractivity contribution in [3.63, 3.8) is 0 Å². The molecule has 194 valence electrons. The van der Waals surface area contributed by atoms with E-state index in [0.717, 1.165) is 0 Å². The van der Waals surface area contributed by atoms with Gasteiger partial charge in [-0.1, -0.05) is 0 Å². The Kier molecular flexibility index (Phi) is 7.44. The lowest BCUT2D eigenvalue weighted by atomic mass is 10.0. The Morgan fingerprint density at radius 1 is 1.17 bits per heavy atom. The minimum absolute atomic E-state index is 0.0295. The predicted octanol–water partition coefficient (Wildman–Crippen LogP) is 4.28. The smallest absolute Gasteiger partial charge is 0.412 e. The maximum atomic E-state index is 15.5. The predicted molar refractivity (Wildman–Crippen MR) is 125 cm³/mol. The number of nitrogens with one attached hydrogen (secondary N) is 1. The fourth-order valence-electron chi connectivity index (χ4n) is 3.99. The van der Waals surface area contributed by atoms with Crippen LogP contribution in [0.1, 0.15) is 53.5 Å². The van der Waals surface area contributed by atoms with Gasteiger partial charge in [0.1, 0.15) is 22.6 Å². The summed E-state index contributed by atoms with van der Waals surface area (Å²) in [6.45, 7) is 11.8. The molecule has 1 saturated heterocycles. The first-order valence-corrected chi connectivity index (χ1v) is 11.5. The molecular formula is C23H33FN4O7. The first kappa shape index (κ1) is 26.5. The van der Waals surface area contributed by atoms with Gasteiger partial charge in [-0.25, -0.2) is 9.59 Å². The number of carbonyl (C=O) groups excluding carboxylic acids is 2. The van der Waals surface area contributed by atoms with Gasteiger partial charge >= 0.3 is 17.9 Å². The van der Waals surface area contributed by atoms with Crippen molar-refractivity contribution < 1.29 is 33.1 Å². The summed E-state index contributed by atoms with van der Waals surface area (Å²) < 4.78 is 31.9. The fourth-order valence-corrected chi connectivity index (χ4v) is 3.99. The third-order valence-electron chi connectivity index (χ3n) is 5.45. The number of amides is 2. The van der Waals surface area contributed by atoms with Gasteiger partial charge < -0.3 is 19.1 Å². The van der Waals surface area contributed by atoms with Crippen molar-refractivity contribution in [2.45, 2.75) is 71.8 Å². The summed E-state index contributed by atoms with van der Waals surface area (Å²) >= 11 is 0. The van der Waals surface area contributed by atoms with Gasteiger partial charge in [0.25, 0.3) is 0 Å². The van der Waals surface area contributed by atoms with Crippen LogP contribution in [0.5, 0.6) is 5.75 Å². The topological polar surface area (TPSA) is 123 Å². The summed E-state index contributed by atoms with van der Waals surface area (Å²) in [4.78, 5) is 39.1. The molecule has 12 heteroatoms. The van der Waals surface area contributed by atoms with E-state index < -0.39 is 39.8 Å². The Labute approximate surface area is 203 Å². The van der Waals surface area contributed by atoms with Crippen LogP contribution in [0.3, 0.4) is 0 Å². The third-order valence-corrected chi connectivity index (χ3v) is 5.45. The van der Waals surface area contributed by atoms with Crippen molar-refractivity contribution in [1.29, 1.82) is 0 Å². The molecule has 1 fully saturated rings. The van der Waals surface area contributed by atoms with E-state index in [4.69, 9.17) is 14.2 Å². The van der Waals surface area contributed by atoms with Gasteiger partial charge in [-0.05, 0) is 48.0 Å². The van der Waals surface area contributed by atoms with Crippen molar-refractivity contribution in [3.8, 4) is 5.75 Å². The van der Waals surface area contributed by atoms with Gasteiger partial charge in [0, 0.05) is 38.3 Å². The summed E-state index contributed by atoms with van der Waals surface area (Å²) in [6.07, 6.45) is -0.809. The number of benzene rings is 1. The number of nitro benzene ring substituents is 1. The largest absolute Gasteiger partial charge is 0.493 e. The van der Waals surface area contributed by atoms with E-state index in [0.29, 0.717) is 26.1 Å². The number of ether oxygens (including phenoxy) is 3. The molecule has 11 nitrogen and oxygen atoms in total. The lowest BCUT2D eigenvalue weighted by molar-refractivity contribution is -0.386. The second kappa shape index (κ2) is 9.84. The van der Waals surface area contributed by atoms with Crippen LogP contribution in [0.25, 0.3) is 0 Å². The molecule has 2 aliphatic rings. The Bertz CT molecular complexity index is 1000. The van der Waals surface area contributed by atoms with Crippen molar-refractivity contribution in [2.24, 2.45) is 0 Å². The zero-order valence-electron chi connectivity index (χ0n) is 21.0. The maximum Gasteiger partial charge on any atom is 0.412 e. The molecule has 2 aliphatic heterocycles. The highest BCUT2D eigenvalue weighted by Crippen LogP contribution is 2.39. The fraction of sp³-hybridized carbons (Fsp3) is 0.652. The highest BCUT2D eigenvalue weighted by molar-refractivity contribution is 5.89. The average Bonchev–Trinajstić information content (AvgIpc) is 2.66. The number of hydrogen-bond acceptors (Lipinski definition) is 8. The maximum absolute atomic E-state index is 15.5. The van der Waals surface area contributed by atoms with Gasteiger partial charge in [-0.2, -0.15) is 4.39 Å². The number of fused-ring (bicyclic) bond motifs is 2. The Balaban J connectivity index is 1.85. The van der Waals surface area contributed by atoms with E-state index >= 15 is 4.39 Å². The van der Waals surface area contributed by atoms with Gasteiger partial charge in [-0.15, -0.1) is 0 Å². The monoisotopic (exact) mass is 496 g/mol. The zero-order valence-corrected chi connectivity index (χ0v) is 21.0. The molecule has 0 aliphatic carbocycles. The average molecular weight is 497 g/mol. The highest BCUT2D eigenvalue weighted by atomic mass is 19.1. The molecule has 0 bridgehead atoms. The molecule has 2 amide bonds. The van der Waals surface area contributed by atoms with Crippen LogP contribution >= 0.6 is 0 Å². The van der Waals surface area contributed by atoms with Crippen LogP contribution in [0, 0.1) is 15.9 Å². The molecule has 0 aromatic heterocycles. The first-order chi connectivity index (χ1) is 16.1. The van der Waals surface area contributed by atoms with Gasteiger partial charge in [0.2, 0.25) is 5.82 Å². The molecule has 1 N–H and O–H groups in total. The van der Waals surface area contributed by atoms with E-state index in [1.807, 2.05) is 4.90 Å². The number of halogens is 1. The van der Waals surface area contributed by atoms with E-state index in [1.54, 1.807) is 46.4 Å². The number of nitrogens with zero attached hydrogens (tertiary/aromatic N) is 3. The number of hydrogen-bond donors (Lipinski definition) is 1. The highest BCUT2D eigenvalue weighted by Gasteiger charge is 2.36. The molecule has 1 aromatic carbocycles. The summed E-state index contributed by atoms with van der Waals surface area (Å²) in [5, 5.41) is 14.0. The Morgan fingerprint density at radius 2 is 1.83 bits per heavy atom. The van der Waals surface area contributed by atoms with Crippen molar-refractivity contribution >= 4 is 23.6 Å². The van der Waals surface area contributed by atoms with E-state index in [2.05, 4.69) is 5.32 Å². The molecule has 1 aromatic rings. The zero-order chi connectivity index (χ0) is 26.1. The first-order valence-electron chi connectivity index (χ1n) is 11.5. The second-order valence-electron chi connectivity index (χ2n) is 10.6. The number of anilines is 1. The quantitative estimate of drug-likeness (QED) is 0.475. The van der Waals surface area contributed by atoms with Crippen molar-refractivity contribution in [3.05, 3.63) is 27.6 Å². The third kappa shape index (κ3) is 6.71. The van der Waals surface area contributed by atoms with Crippen molar-refractivity contribution in [1.82, 2.24) is 9.80 Å². The van der Waals surface area contributed by atoms with E-state index in [-0.39, 0.29) is 36.2 Å². The van der Waals surface area contributed by atoms with Gasteiger partial charge in [0.15, 0.2) is 0 Å². The SMILES string of the molecule is CC(C)(C)OC(=O)Nc1cc2c(c(F)c1[N+](=O)[O-])CN1CCN(C(=O)OC(C)(C)C)CC1CCO2. The minimum atomic E-state index is -1.08. The van der Waals surface area contributed by atoms with Crippen LogP contribution in [0.2, 0.25) is 0 Å². The van der Waals surface area contributed by atoms with Crippen LogP contribution in [0.15, 0.2) is 6.07 Å².